The summed E-state index contributed by atoms with van der Waals surface area (Å²) in [6.07, 6.45) is 0.731. The molecule has 2 N–H and O–H groups in total. The summed E-state index contributed by atoms with van der Waals surface area (Å²) in [6.45, 7) is -1.58. The third-order valence-corrected chi connectivity index (χ3v) is 3.90. The van der Waals surface area contributed by atoms with Crippen LogP contribution < -0.4 is 10.6 Å². The first kappa shape index (κ1) is 19.2. The van der Waals surface area contributed by atoms with E-state index in [1.54, 1.807) is 11.4 Å². The molecular weight excluding hydrogens is 337 g/mol. The van der Waals surface area contributed by atoms with Gasteiger partial charge in [-0.25, -0.2) is 0 Å². The second kappa shape index (κ2) is 8.84. The molecule has 0 unspecified atom stereocenters. The molecule has 0 saturated heterocycles. The number of ether oxygens (including phenoxy) is 1. The Kier molecular flexibility index (Phi) is 6.81. The maximum Gasteiger partial charge on any atom is 0.405 e. The van der Waals surface area contributed by atoms with Crippen molar-refractivity contribution in [3.63, 3.8) is 0 Å². The van der Waals surface area contributed by atoms with Crippen molar-refractivity contribution < 1.29 is 27.5 Å². The maximum atomic E-state index is 12.2. The van der Waals surface area contributed by atoms with E-state index in [-0.39, 0.29) is 24.0 Å². The van der Waals surface area contributed by atoms with Gasteiger partial charge in [0.1, 0.15) is 13.2 Å². The van der Waals surface area contributed by atoms with Crippen molar-refractivity contribution >= 4 is 17.5 Å². The van der Waals surface area contributed by atoms with E-state index in [9.17, 15) is 22.8 Å². The summed E-state index contributed by atoms with van der Waals surface area (Å²) in [5.74, 6) is -1.34. The first-order valence-electron chi connectivity index (χ1n) is 8.20. The predicted octanol–water partition coefficient (Wildman–Crippen LogP) is 3.27. The summed E-state index contributed by atoms with van der Waals surface area (Å²) in [5.41, 5.74) is 0.122. The molecule has 138 valence electrons. The topological polar surface area (TPSA) is 67.4 Å². The molecule has 5 nitrogen and oxygen atoms in total. The van der Waals surface area contributed by atoms with Gasteiger partial charge in [-0.2, -0.15) is 13.2 Å². The Morgan fingerprint density at radius 1 is 1.12 bits per heavy atom. The van der Waals surface area contributed by atoms with E-state index in [1.807, 2.05) is 0 Å². The van der Waals surface area contributed by atoms with E-state index in [1.165, 1.54) is 24.6 Å². The molecule has 0 heterocycles. The van der Waals surface area contributed by atoms with Crippen LogP contribution in [-0.2, 0) is 9.53 Å². The molecule has 1 aromatic rings. The van der Waals surface area contributed by atoms with E-state index < -0.39 is 24.5 Å². The van der Waals surface area contributed by atoms with Crippen molar-refractivity contribution in [1.82, 2.24) is 5.32 Å². The molecule has 2 rings (SSSR count). The zero-order chi connectivity index (χ0) is 18.3. The third-order valence-electron chi connectivity index (χ3n) is 3.90. The quantitative estimate of drug-likeness (QED) is 0.820. The van der Waals surface area contributed by atoms with Crippen LogP contribution in [0.1, 0.15) is 42.5 Å². The van der Waals surface area contributed by atoms with Gasteiger partial charge >= 0.3 is 6.18 Å². The minimum absolute atomic E-state index is 0.0298. The van der Waals surface area contributed by atoms with Crippen LogP contribution in [0.2, 0.25) is 0 Å². The molecule has 1 fully saturated rings. The van der Waals surface area contributed by atoms with E-state index >= 15 is 0 Å². The van der Waals surface area contributed by atoms with Crippen LogP contribution >= 0.6 is 0 Å². The lowest BCUT2D eigenvalue weighted by atomic mass is 9.98. The standard InChI is InChI=1S/C17H21F3N2O3/c18-17(19,20)11-21-16(24)13-8-4-5-9-14(13)22-15(23)10-25-12-6-2-1-3-7-12/h4-5,8-9,12H,1-3,6-7,10-11H2,(H,21,24)(H,22,23). The Morgan fingerprint density at radius 3 is 2.48 bits per heavy atom. The molecule has 0 aromatic heterocycles. The minimum atomic E-state index is -4.50. The molecule has 25 heavy (non-hydrogen) atoms. The number of amides is 2. The molecule has 0 radical (unpaired) electrons. The summed E-state index contributed by atoms with van der Waals surface area (Å²) >= 11 is 0. The predicted molar refractivity (Wildman–Crippen MR) is 86.3 cm³/mol. The van der Waals surface area contributed by atoms with Crippen molar-refractivity contribution in [3.8, 4) is 0 Å². The first-order chi connectivity index (χ1) is 11.8. The van der Waals surface area contributed by atoms with Crippen LogP contribution in [0, 0.1) is 0 Å². The van der Waals surface area contributed by atoms with E-state index in [2.05, 4.69) is 5.32 Å². The van der Waals surface area contributed by atoms with Crippen molar-refractivity contribution in [2.45, 2.75) is 44.4 Å². The smallest absolute Gasteiger partial charge is 0.368 e. The molecule has 0 spiro atoms. The van der Waals surface area contributed by atoms with Gasteiger partial charge in [0.2, 0.25) is 5.91 Å². The fourth-order valence-electron chi connectivity index (χ4n) is 2.68. The van der Waals surface area contributed by atoms with Gasteiger partial charge in [-0.05, 0) is 25.0 Å². The molecular formula is C17H21F3N2O3. The number of para-hydroxylation sites is 1. The molecule has 8 heteroatoms. The maximum absolute atomic E-state index is 12.2. The molecule has 0 atom stereocenters. The molecule has 2 amide bonds. The van der Waals surface area contributed by atoms with Gasteiger partial charge in [0.25, 0.3) is 5.91 Å². The molecule has 1 aromatic carbocycles. The number of hydrogen-bond acceptors (Lipinski definition) is 3. The summed E-state index contributed by atoms with van der Waals surface area (Å²) in [4.78, 5) is 23.9. The van der Waals surface area contributed by atoms with Crippen molar-refractivity contribution in [2.75, 3.05) is 18.5 Å². The number of benzene rings is 1. The van der Waals surface area contributed by atoms with Gasteiger partial charge in [0.15, 0.2) is 0 Å². The Labute approximate surface area is 143 Å². The van der Waals surface area contributed by atoms with Crippen LogP contribution in [0.15, 0.2) is 24.3 Å². The van der Waals surface area contributed by atoms with Crippen LogP contribution in [0.3, 0.4) is 0 Å². The van der Waals surface area contributed by atoms with Crippen LogP contribution in [0.5, 0.6) is 0 Å². The number of anilines is 1. The lowest BCUT2D eigenvalue weighted by molar-refractivity contribution is -0.124. The fraction of sp³-hybridized carbons (Fsp3) is 0.529. The SMILES string of the molecule is O=C(COC1CCCCC1)Nc1ccccc1C(=O)NCC(F)(F)F. The Bertz CT molecular complexity index is 599. The molecule has 0 aliphatic heterocycles. The van der Waals surface area contributed by atoms with Gasteiger partial charge in [-0.15, -0.1) is 0 Å². The highest BCUT2D eigenvalue weighted by Gasteiger charge is 2.28. The second-order valence-corrected chi connectivity index (χ2v) is 5.96. The lowest BCUT2D eigenvalue weighted by Gasteiger charge is -2.21. The number of nitrogens with one attached hydrogen (secondary N) is 2. The average molecular weight is 358 g/mol. The van der Waals surface area contributed by atoms with Crippen molar-refractivity contribution in [3.05, 3.63) is 29.8 Å². The van der Waals surface area contributed by atoms with E-state index in [0.29, 0.717) is 0 Å². The fourth-order valence-corrected chi connectivity index (χ4v) is 2.68. The molecule has 1 aliphatic carbocycles. The zero-order valence-corrected chi connectivity index (χ0v) is 13.7. The number of hydrogen-bond donors (Lipinski definition) is 2. The van der Waals surface area contributed by atoms with Crippen LogP contribution in [0.25, 0.3) is 0 Å². The number of rotatable bonds is 6. The molecule has 1 aliphatic rings. The zero-order valence-electron chi connectivity index (χ0n) is 13.7. The van der Waals surface area contributed by atoms with Gasteiger partial charge in [-0.3, -0.25) is 9.59 Å². The monoisotopic (exact) mass is 358 g/mol. The average Bonchev–Trinajstić information content (AvgIpc) is 2.59. The highest BCUT2D eigenvalue weighted by molar-refractivity contribution is 6.03. The van der Waals surface area contributed by atoms with Gasteiger partial charge in [-0.1, -0.05) is 31.4 Å². The first-order valence-corrected chi connectivity index (χ1v) is 8.20. The number of carbonyl (C=O) groups excluding carboxylic acids is 2. The van der Waals surface area contributed by atoms with E-state index in [4.69, 9.17) is 4.74 Å². The summed E-state index contributed by atoms with van der Waals surface area (Å²) in [5, 5.41) is 4.31. The summed E-state index contributed by atoms with van der Waals surface area (Å²) < 4.78 is 42.2. The Morgan fingerprint density at radius 2 is 1.80 bits per heavy atom. The Hall–Kier alpha value is -2.09. The Balaban J connectivity index is 1.90. The number of alkyl halides is 3. The van der Waals surface area contributed by atoms with Crippen LogP contribution in [-0.4, -0.2) is 37.2 Å². The molecule has 0 bridgehead atoms. The van der Waals surface area contributed by atoms with Gasteiger partial charge < -0.3 is 15.4 Å². The summed E-state index contributed by atoms with van der Waals surface area (Å²) in [7, 11) is 0. The largest absolute Gasteiger partial charge is 0.405 e. The normalized spacial score (nSPS) is 15.6. The van der Waals surface area contributed by atoms with Gasteiger partial charge in [0, 0.05) is 0 Å². The second-order valence-electron chi connectivity index (χ2n) is 5.96. The third kappa shape index (κ3) is 6.74. The minimum Gasteiger partial charge on any atom is -0.368 e. The van der Waals surface area contributed by atoms with Crippen molar-refractivity contribution in [1.29, 1.82) is 0 Å². The lowest BCUT2D eigenvalue weighted by Crippen LogP contribution is -2.34. The van der Waals surface area contributed by atoms with Crippen molar-refractivity contribution in [2.24, 2.45) is 0 Å². The molecule has 1 saturated carbocycles. The summed E-state index contributed by atoms with van der Waals surface area (Å²) in [6, 6.07) is 5.90. The highest BCUT2D eigenvalue weighted by Crippen LogP contribution is 2.21. The number of carbonyl (C=O) groups is 2. The van der Waals surface area contributed by atoms with E-state index in [0.717, 1.165) is 25.7 Å². The van der Waals surface area contributed by atoms with Gasteiger partial charge in [0.05, 0.1) is 17.4 Å². The van der Waals surface area contributed by atoms with Crippen LogP contribution in [0.4, 0.5) is 18.9 Å². The number of halogens is 3. The highest BCUT2D eigenvalue weighted by atomic mass is 19.4.